The number of fused-ring (bicyclic) bond motifs is 7. The first-order valence-corrected chi connectivity index (χ1v) is 7.83. The highest BCUT2D eigenvalue weighted by Gasteiger charge is 2.51. The molecule has 1 unspecified atom stereocenters. The lowest BCUT2D eigenvalue weighted by Crippen LogP contribution is -2.47. The van der Waals surface area contributed by atoms with Crippen molar-refractivity contribution in [2.24, 2.45) is 0 Å². The summed E-state index contributed by atoms with van der Waals surface area (Å²) in [5, 5.41) is 1.05. The summed E-state index contributed by atoms with van der Waals surface area (Å²) in [6, 6.07) is 12.7. The summed E-state index contributed by atoms with van der Waals surface area (Å²) < 4.78 is 13.6. The molecule has 3 aromatic rings. The van der Waals surface area contributed by atoms with E-state index in [1.807, 2.05) is 35.2 Å². The van der Waals surface area contributed by atoms with Gasteiger partial charge in [-0.3, -0.25) is 4.79 Å². The van der Waals surface area contributed by atoms with Crippen LogP contribution < -0.4 is 0 Å². The van der Waals surface area contributed by atoms with Crippen LogP contribution in [0, 0.1) is 5.82 Å². The van der Waals surface area contributed by atoms with Crippen molar-refractivity contribution in [1.82, 2.24) is 9.88 Å². The lowest BCUT2D eigenvalue weighted by atomic mass is 9.83. The van der Waals surface area contributed by atoms with Crippen molar-refractivity contribution < 1.29 is 9.18 Å². The molecule has 2 aromatic carbocycles. The quantitative estimate of drug-likeness (QED) is 0.677. The van der Waals surface area contributed by atoms with Crippen molar-refractivity contribution >= 4 is 16.8 Å². The van der Waals surface area contributed by atoms with E-state index < -0.39 is 5.54 Å². The third-order valence-electron chi connectivity index (χ3n) is 5.41. The lowest BCUT2D eigenvalue weighted by molar-refractivity contribution is 0.0626. The molecular formula is C19H15FN2O. The van der Waals surface area contributed by atoms with E-state index in [4.69, 9.17) is 0 Å². The molecule has 1 N–H and O–H groups in total. The minimum atomic E-state index is -0.503. The number of hydrogen-bond acceptors (Lipinski definition) is 1. The van der Waals surface area contributed by atoms with Gasteiger partial charge in [0.25, 0.3) is 5.91 Å². The van der Waals surface area contributed by atoms with Crippen molar-refractivity contribution in [3.05, 3.63) is 70.7 Å². The number of hydrogen-bond donors (Lipinski definition) is 1. The summed E-state index contributed by atoms with van der Waals surface area (Å²) in [6.07, 6.45) is 0.788. The van der Waals surface area contributed by atoms with Crippen molar-refractivity contribution in [3.8, 4) is 0 Å². The number of carbonyl (C=O) groups excluding carboxylic acids is 1. The second-order valence-electron chi connectivity index (χ2n) is 6.49. The molecule has 2 aliphatic rings. The molecule has 5 rings (SSSR count). The van der Waals surface area contributed by atoms with E-state index in [-0.39, 0.29) is 11.7 Å². The maximum absolute atomic E-state index is 13.6. The zero-order valence-corrected chi connectivity index (χ0v) is 12.7. The van der Waals surface area contributed by atoms with E-state index in [9.17, 15) is 9.18 Å². The highest BCUT2D eigenvalue weighted by molar-refractivity contribution is 6.01. The average molecular weight is 306 g/mol. The minimum Gasteiger partial charge on any atom is -0.356 e. The molecule has 2 aliphatic heterocycles. The number of H-pyrrole nitrogens is 1. The first-order valence-electron chi connectivity index (χ1n) is 7.83. The first kappa shape index (κ1) is 12.9. The van der Waals surface area contributed by atoms with Crippen molar-refractivity contribution in [2.75, 3.05) is 6.54 Å². The highest BCUT2D eigenvalue weighted by Crippen LogP contribution is 2.48. The topological polar surface area (TPSA) is 36.1 Å². The SMILES string of the molecule is CC12c3ccccc3C(=O)N1CCc1c2[nH]c2cc(F)ccc12. The molecule has 0 saturated carbocycles. The molecule has 23 heavy (non-hydrogen) atoms. The Hall–Kier alpha value is -2.62. The van der Waals surface area contributed by atoms with E-state index in [0.717, 1.165) is 34.1 Å². The number of amides is 1. The fraction of sp³-hybridized carbons (Fsp3) is 0.211. The standard InChI is InChI=1S/C19H15FN2O/c1-19-15-5-3-2-4-14(15)18(23)22(19)9-8-13-12-7-6-11(20)10-16(12)21-17(13)19/h2-7,10,21H,8-9H2,1H3. The number of nitrogens with zero attached hydrogens (tertiary/aromatic N) is 1. The second-order valence-corrected chi connectivity index (χ2v) is 6.49. The van der Waals surface area contributed by atoms with Gasteiger partial charge in [-0.15, -0.1) is 0 Å². The Labute approximate surface area is 132 Å². The largest absolute Gasteiger partial charge is 0.356 e. The first-order chi connectivity index (χ1) is 11.1. The van der Waals surface area contributed by atoms with Crippen LogP contribution >= 0.6 is 0 Å². The Bertz CT molecular complexity index is 990. The van der Waals surface area contributed by atoms with Crippen LogP contribution in [0.15, 0.2) is 42.5 Å². The van der Waals surface area contributed by atoms with Crippen LogP contribution in [0.5, 0.6) is 0 Å². The number of halogens is 1. The number of aromatic nitrogens is 1. The van der Waals surface area contributed by atoms with E-state index in [0.29, 0.717) is 6.54 Å². The van der Waals surface area contributed by atoms with Crippen molar-refractivity contribution in [2.45, 2.75) is 18.9 Å². The van der Waals surface area contributed by atoms with Gasteiger partial charge in [0.15, 0.2) is 0 Å². The van der Waals surface area contributed by atoms with Gasteiger partial charge in [0.1, 0.15) is 11.4 Å². The number of rotatable bonds is 0. The lowest BCUT2D eigenvalue weighted by Gasteiger charge is -2.40. The molecular weight excluding hydrogens is 291 g/mol. The number of nitrogens with one attached hydrogen (secondary N) is 1. The van der Waals surface area contributed by atoms with Gasteiger partial charge in [-0.1, -0.05) is 18.2 Å². The second kappa shape index (κ2) is 4.02. The van der Waals surface area contributed by atoms with Crippen LogP contribution in [0.25, 0.3) is 10.9 Å². The van der Waals surface area contributed by atoms with Crippen molar-refractivity contribution in [3.63, 3.8) is 0 Å². The smallest absolute Gasteiger partial charge is 0.255 e. The summed E-state index contributed by atoms with van der Waals surface area (Å²) in [5.74, 6) is -0.167. The minimum absolute atomic E-state index is 0.0820. The third kappa shape index (κ3) is 1.41. The van der Waals surface area contributed by atoms with Gasteiger partial charge in [-0.2, -0.15) is 0 Å². The molecule has 0 aliphatic carbocycles. The van der Waals surface area contributed by atoms with Crippen LogP contribution in [0.4, 0.5) is 4.39 Å². The van der Waals surface area contributed by atoms with Gasteiger partial charge in [0.2, 0.25) is 0 Å². The Morgan fingerprint density at radius 3 is 2.91 bits per heavy atom. The Balaban J connectivity index is 1.86. The van der Waals surface area contributed by atoms with Crippen LogP contribution in [0.2, 0.25) is 0 Å². The molecule has 0 fully saturated rings. The van der Waals surface area contributed by atoms with Crippen LogP contribution in [0.1, 0.15) is 34.1 Å². The van der Waals surface area contributed by atoms with Gasteiger partial charge in [0.05, 0.1) is 0 Å². The Morgan fingerprint density at radius 2 is 2.04 bits per heavy atom. The fourth-order valence-corrected chi connectivity index (χ4v) is 4.31. The fourth-order valence-electron chi connectivity index (χ4n) is 4.31. The van der Waals surface area contributed by atoms with Crippen molar-refractivity contribution in [1.29, 1.82) is 0 Å². The highest BCUT2D eigenvalue weighted by atomic mass is 19.1. The molecule has 1 amide bonds. The number of carbonyl (C=O) groups is 1. The average Bonchev–Trinajstić information content (AvgIpc) is 3.03. The summed E-state index contributed by atoms with van der Waals surface area (Å²) in [5.41, 5.74) is 4.31. The van der Waals surface area contributed by atoms with E-state index in [2.05, 4.69) is 11.9 Å². The molecule has 0 radical (unpaired) electrons. The molecule has 0 spiro atoms. The predicted molar refractivity (Wildman–Crippen MR) is 85.9 cm³/mol. The number of aromatic amines is 1. The molecule has 1 atom stereocenters. The molecule has 114 valence electrons. The van der Waals surface area contributed by atoms with Gasteiger partial charge < -0.3 is 9.88 Å². The molecule has 4 heteroatoms. The van der Waals surface area contributed by atoms with Gasteiger partial charge in [-0.05, 0) is 48.7 Å². The monoisotopic (exact) mass is 306 g/mol. The van der Waals surface area contributed by atoms with Crippen LogP contribution in [-0.4, -0.2) is 22.3 Å². The molecule has 1 aromatic heterocycles. The van der Waals surface area contributed by atoms with E-state index >= 15 is 0 Å². The molecule has 3 nitrogen and oxygen atoms in total. The molecule has 3 heterocycles. The van der Waals surface area contributed by atoms with E-state index in [1.165, 1.54) is 17.7 Å². The van der Waals surface area contributed by atoms with E-state index in [1.54, 1.807) is 0 Å². The summed E-state index contributed by atoms with van der Waals surface area (Å²) in [7, 11) is 0. The zero-order valence-electron chi connectivity index (χ0n) is 12.7. The summed E-state index contributed by atoms with van der Waals surface area (Å²) in [6.45, 7) is 2.77. The third-order valence-corrected chi connectivity index (χ3v) is 5.41. The Morgan fingerprint density at radius 1 is 1.22 bits per heavy atom. The van der Waals surface area contributed by atoms with Crippen LogP contribution in [-0.2, 0) is 12.0 Å². The van der Waals surface area contributed by atoms with Gasteiger partial charge in [0, 0.05) is 28.7 Å². The van der Waals surface area contributed by atoms with Gasteiger partial charge in [-0.25, -0.2) is 4.39 Å². The maximum atomic E-state index is 13.6. The predicted octanol–water partition coefficient (Wildman–Crippen LogP) is 3.58. The zero-order chi connectivity index (χ0) is 15.8. The summed E-state index contributed by atoms with van der Waals surface area (Å²) >= 11 is 0. The Kier molecular flexibility index (Phi) is 2.25. The van der Waals surface area contributed by atoms with Gasteiger partial charge >= 0.3 is 0 Å². The molecule has 0 bridgehead atoms. The number of benzene rings is 2. The normalized spacial score (nSPS) is 22.2. The molecule has 0 saturated heterocycles. The maximum Gasteiger partial charge on any atom is 0.255 e. The summed E-state index contributed by atoms with van der Waals surface area (Å²) in [4.78, 5) is 18.1. The van der Waals surface area contributed by atoms with Crippen LogP contribution in [0.3, 0.4) is 0 Å².